The number of likely N-dealkylation sites (N-methyl/N-ethyl adjacent to an activating group) is 2. The Kier molecular flexibility index (Phi) is 6.11. The molecule has 1 aliphatic heterocycles. The molecule has 1 aliphatic carbocycles. The molecular weight excluding hydrogens is 234 g/mol. The van der Waals surface area contributed by atoms with Crippen LogP contribution in [0, 0.1) is 5.92 Å². The average molecular weight is 267 g/mol. The minimum atomic E-state index is 0.736. The maximum absolute atomic E-state index is 3.79. The smallest absolute Gasteiger partial charge is 0.0235 e. The lowest BCUT2D eigenvalue weighted by atomic mass is 9.98. The second kappa shape index (κ2) is 7.61. The van der Waals surface area contributed by atoms with Crippen molar-refractivity contribution < 1.29 is 0 Å². The van der Waals surface area contributed by atoms with Gasteiger partial charge in [-0.2, -0.15) is 0 Å². The fourth-order valence-corrected chi connectivity index (χ4v) is 3.18. The van der Waals surface area contributed by atoms with Crippen molar-refractivity contribution in [3.05, 3.63) is 0 Å². The van der Waals surface area contributed by atoms with Gasteiger partial charge >= 0.3 is 0 Å². The van der Waals surface area contributed by atoms with E-state index in [4.69, 9.17) is 0 Å². The topological polar surface area (TPSA) is 18.5 Å². The summed E-state index contributed by atoms with van der Waals surface area (Å²) in [5.41, 5.74) is 0. The van der Waals surface area contributed by atoms with E-state index in [0.29, 0.717) is 0 Å². The molecular formula is C16H33N3. The van der Waals surface area contributed by atoms with Gasteiger partial charge in [-0.3, -0.25) is 0 Å². The van der Waals surface area contributed by atoms with Crippen LogP contribution < -0.4 is 5.32 Å². The zero-order valence-corrected chi connectivity index (χ0v) is 13.2. The average Bonchev–Trinajstić information content (AvgIpc) is 3.21. The van der Waals surface area contributed by atoms with Crippen LogP contribution in [0.2, 0.25) is 0 Å². The maximum atomic E-state index is 3.79. The number of nitrogens with zero attached hydrogens (tertiary/aromatic N) is 2. The van der Waals surface area contributed by atoms with Gasteiger partial charge < -0.3 is 15.1 Å². The van der Waals surface area contributed by atoms with Crippen LogP contribution in [0.3, 0.4) is 0 Å². The predicted molar refractivity (Wildman–Crippen MR) is 82.6 cm³/mol. The molecule has 0 aromatic rings. The molecule has 0 bridgehead atoms. The van der Waals surface area contributed by atoms with Crippen molar-refractivity contribution in [3.8, 4) is 0 Å². The van der Waals surface area contributed by atoms with Crippen molar-refractivity contribution in [1.29, 1.82) is 0 Å². The van der Waals surface area contributed by atoms with Crippen LogP contribution in [0.1, 0.15) is 45.4 Å². The summed E-state index contributed by atoms with van der Waals surface area (Å²) < 4.78 is 0. The summed E-state index contributed by atoms with van der Waals surface area (Å²) in [7, 11) is 4.56. The second-order valence-electron chi connectivity index (χ2n) is 6.80. The Hall–Kier alpha value is -0.120. The Morgan fingerprint density at radius 3 is 2.68 bits per heavy atom. The van der Waals surface area contributed by atoms with Crippen LogP contribution >= 0.6 is 0 Å². The highest BCUT2D eigenvalue weighted by Crippen LogP contribution is 2.34. The molecule has 112 valence electrons. The van der Waals surface area contributed by atoms with E-state index in [1.807, 2.05) is 0 Å². The van der Waals surface area contributed by atoms with Crippen LogP contribution in [-0.4, -0.2) is 62.2 Å². The quantitative estimate of drug-likeness (QED) is 0.727. The molecule has 19 heavy (non-hydrogen) atoms. The molecule has 1 saturated heterocycles. The Bertz CT molecular complexity index is 252. The molecule has 0 radical (unpaired) electrons. The van der Waals surface area contributed by atoms with Crippen molar-refractivity contribution in [2.45, 2.75) is 57.5 Å². The SMILES string of the molecule is CCCNC(CCC1CC1)CC1CN(C)CCN1C. The van der Waals surface area contributed by atoms with E-state index in [0.717, 1.165) is 18.0 Å². The molecule has 0 aromatic carbocycles. The molecule has 3 nitrogen and oxygen atoms in total. The van der Waals surface area contributed by atoms with E-state index in [1.54, 1.807) is 0 Å². The lowest BCUT2D eigenvalue weighted by Crippen LogP contribution is -2.52. The second-order valence-corrected chi connectivity index (χ2v) is 6.80. The first kappa shape index (κ1) is 15.3. The summed E-state index contributed by atoms with van der Waals surface area (Å²) in [5.74, 6) is 1.07. The number of hydrogen-bond donors (Lipinski definition) is 1. The molecule has 0 spiro atoms. The molecule has 0 aromatic heterocycles. The molecule has 1 N–H and O–H groups in total. The van der Waals surface area contributed by atoms with E-state index >= 15 is 0 Å². The van der Waals surface area contributed by atoms with Gasteiger partial charge in [0.05, 0.1) is 0 Å². The van der Waals surface area contributed by atoms with Crippen LogP contribution in [0.15, 0.2) is 0 Å². The summed E-state index contributed by atoms with van der Waals surface area (Å²) >= 11 is 0. The lowest BCUT2D eigenvalue weighted by Gasteiger charge is -2.39. The Labute approximate surface area is 119 Å². The summed E-state index contributed by atoms with van der Waals surface area (Å²) in [4.78, 5) is 5.06. The molecule has 2 atom stereocenters. The maximum Gasteiger partial charge on any atom is 0.0235 e. The van der Waals surface area contributed by atoms with Gasteiger partial charge in [-0.25, -0.2) is 0 Å². The summed E-state index contributed by atoms with van der Waals surface area (Å²) in [6.07, 6.45) is 8.40. The van der Waals surface area contributed by atoms with Gasteiger partial charge in [0.1, 0.15) is 0 Å². The van der Waals surface area contributed by atoms with Gasteiger partial charge in [0.2, 0.25) is 0 Å². The third-order valence-corrected chi connectivity index (χ3v) is 4.84. The van der Waals surface area contributed by atoms with Gasteiger partial charge in [0.25, 0.3) is 0 Å². The highest BCUT2D eigenvalue weighted by molar-refractivity contribution is 4.84. The number of hydrogen-bond acceptors (Lipinski definition) is 3. The van der Waals surface area contributed by atoms with E-state index in [9.17, 15) is 0 Å². The van der Waals surface area contributed by atoms with E-state index in [1.165, 1.54) is 64.7 Å². The van der Waals surface area contributed by atoms with Gasteiger partial charge in [-0.15, -0.1) is 0 Å². The Morgan fingerprint density at radius 2 is 2.00 bits per heavy atom. The molecule has 2 aliphatic rings. The monoisotopic (exact) mass is 267 g/mol. The summed E-state index contributed by atoms with van der Waals surface area (Å²) in [6, 6.07) is 1.48. The number of nitrogens with one attached hydrogen (secondary N) is 1. The van der Waals surface area contributed by atoms with E-state index in [2.05, 4.69) is 36.1 Å². The molecule has 1 heterocycles. The highest BCUT2D eigenvalue weighted by Gasteiger charge is 2.27. The summed E-state index contributed by atoms with van der Waals surface area (Å²) in [5, 5.41) is 3.79. The number of rotatable bonds is 8. The van der Waals surface area contributed by atoms with Crippen LogP contribution in [0.4, 0.5) is 0 Å². The van der Waals surface area contributed by atoms with Gasteiger partial charge in [-0.05, 0) is 52.2 Å². The molecule has 2 unspecified atom stereocenters. The third kappa shape index (κ3) is 5.41. The van der Waals surface area contributed by atoms with Crippen LogP contribution in [-0.2, 0) is 0 Å². The van der Waals surface area contributed by atoms with Crippen molar-refractivity contribution in [2.24, 2.45) is 5.92 Å². The number of piperazine rings is 1. The first-order valence-electron chi connectivity index (χ1n) is 8.31. The predicted octanol–water partition coefficient (Wildman–Crippen LogP) is 2.18. The largest absolute Gasteiger partial charge is 0.314 e. The fraction of sp³-hybridized carbons (Fsp3) is 1.00. The minimum absolute atomic E-state index is 0.736. The van der Waals surface area contributed by atoms with Crippen molar-refractivity contribution >= 4 is 0 Å². The van der Waals surface area contributed by atoms with Gasteiger partial charge in [0, 0.05) is 31.7 Å². The molecule has 0 amide bonds. The first-order chi connectivity index (χ1) is 9.19. The zero-order valence-electron chi connectivity index (χ0n) is 13.2. The fourth-order valence-electron chi connectivity index (χ4n) is 3.18. The van der Waals surface area contributed by atoms with Crippen molar-refractivity contribution in [2.75, 3.05) is 40.3 Å². The van der Waals surface area contributed by atoms with Crippen molar-refractivity contribution in [1.82, 2.24) is 15.1 Å². The normalized spacial score (nSPS) is 27.6. The Morgan fingerprint density at radius 1 is 1.21 bits per heavy atom. The minimum Gasteiger partial charge on any atom is -0.314 e. The molecule has 3 heteroatoms. The van der Waals surface area contributed by atoms with E-state index in [-0.39, 0.29) is 0 Å². The van der Waals surface area contributed by atoms with Crippen LogP contribution in [0.25, 0.3) is 0 Å². The molecule has 1 saturated carbocycles. The molecule has 2 fully saturated rings. The van der Waals surface area contributed by atoms with Gasteiger partial charge in [-0.1, -0.05) is 19.8 Å². The third-order valence-electron chi connectivity index (χ3n) is 4.84. The van der Waals surface area contributed by atoms with Crippen molar-refractivity contribution in [3.63, 3.8) is 0 Å². The van der Waals surface area contributed by atoms with E-state index < -0.39 is 0 Å². The standard InChI is InChI=1S/C16H33N3/c1-4-9-17-15(8-7-14-5-6-14)12-16-13-18(2)10-11-19(16)3/h14-17H,4-13H2,1-3H3. The van der Waals surface area contributed by atoms with Gasteiger partial charge in [0.15, 0.2) is 0 Å². The zero-order chi connectivity index (χ0) is 13.7. The lowest BCUT2D eigenvalue weighted by molar-refractivity contribution is 0.0997. The summed E-state index contributed by atoms with van der Waals surface area (Å²) in [6.45, 7) is 7.14. The highest BCUT2D eigenvalue weighted by atomic mass is 15.3. The Balaban J connectivity index is 1.78. The first-order valence-corrected chi connectivity index (χ1v) is 8.31. The van der Waals surface area contributed by atoms with Crippen LogP contribution in [0.5, 0.6) is 0 Å². The molecule has 2 rings (SSSR count).